The van der Waals surface area contributed by atoms with E-state index in [1.54, 1.807) is 0 Å². The van der Waals surface area contributed by atoms with Crippen molar-refractivity contribution >= 4 is 5.78 Å². The molecule has 2 aromatic rings. The van der Waals surface area contributed by atoms with E-state index in [-0.39, 0.29) is 0 Å². The molecule has 0 atom stereocenters. The van der Waals surface area contributed by atoms with Gasteiger partial charge in [-0.2, -0.15) is 0 Å². The van der Waals surface area contributed by atoms with Gasteiger partial charge in [0.2, 0.25) is 0 Å². The number of benzene rings is 2. The zero-order valence-electron chi connectivity index (χ0n) is 16.0. The summed E-state index contributed by atoms with van der Waals surface area (Å²) in [4.78, 5) is 14.9. The van der Waals surface area contributed by atoms with Crippen molar-refractivity contribution < 1.29 is 4.79 Å². The monoisotopic (exact) mass is 349 g/mol. The molecule has 1 fully saturated rings. The van der Waals surface area contributed by atoms with Gasteiger partial charge in [0.1, 0.15) is 0 Å². The SMILES string of the molecule is Cc1ccccc1C(=O)CCCCN1CCC(Cc2ccccc2)CC1. The summed E-state index contributed by atoms with van der Waals surface area (Å²) in [5, 5.41) is 0. The van der Waals surface area contributed by atoms with E-state index < -0.39 is 0 Å². The Kier molecular flexibility index (Phi) is 7.02. The molecule has 0 aliphatic carbocycles. The molecule has 138 valence electrons. The first-order chi connectivity index (χ1) is 12.7. The number of aryl methyl sites for hydroxylation is 1. The maximum atomic E-state index is 12.3. The number of carbonyl (C=O) groups excluding carboxylic acids is 1. The summed E-state index contributed by atoms with van der Waals surface area (Å²) in [7, 11) is 0. The minimum atomic E-state index is 0.296. The fourth-order valence-corrected chi connectivity index (χ4v) is 4.00. The Morgan fingerprint density at radius 2 is 1.65 bits per heavy atom. The second kappa shape index (κ2) is 9.68. The summed E-state index contributed by atoms with van der Waals surface area (Å²) in [5.41, 5.74) is 3.47. The molecule has 0 aromatic heterocycles. The Morgan fingerprint density at radius 3 is 2.38 bits per heavy atom. The molecule has 1 aliphatic heterocycles. The maximum Gasteiger partial charge on any atom is 0.163 e. The van der Waals surface area contributed by atoms with Crippen LogP contribution in [0.25, 0.3) is 0 Å². The molecule has 0 bridgehead atoms. The molecule has 3 rings (SSSR count). The molecule has 1 saturated heterocycles. The zero-order chi connectivity index (χ0) is 18.2. The van der Waals surface area contributed by atoms with Crippen molar-refractivity contribution in [2.24, 2.45) is 5.92 Å². The fraction of sp³-hybridized carbons (Fsp3) is 0.458. The van der Waals surface area contributed by atoms with E-state index in [4.69, 9.17) is 0 Å². The molecular weight excluding hydrogens is 318 g/mol. The van der Waals surface area contributed by atoms with Crippen LogP contribution in [0.15, 0.2) is 54.6 Å². The Morgan fingerprint density at radius 1 is 0.962 bits per heavy atom. The number of carbonyl (C=O) groups is 1. The summed E-state index contributed by atoms with van der Waals surface area (Å²) in [5.74, 6) is 1.13. The van der Waals surface area contributed by atoms with E-state index >= 15 is 0 Å². The third-order valence-electron chi connectivity index (χ3n) is 5.65. The lowest BCUT2D eigenvalue weighted by atomic mass is 9.90. The molecule has 0 spiro atoms. The van der Waals surface area contributed by atoms with Gasteiger partial charge in [0.05, 0.1) is 0 Å². The van der Waals surface area contributed by atoms with Crippen molar-refractivity contribution in [3.8, 4) is 0 Å². The summed E-state index contributed by atoms with van der Waals surface area (Å²) in [6.07, 6.45) is 6.63. The van der Waals surface area contributed by atoms with Crippen molar-refractivity contribution in [2.75, 3.05) is 19.6 Å². The van der Waals surface area contributed by atoms with E-state index in [0.717, 1.165) is 36.4 Å². The van der Waals surface area contributed by atoms with Crippen molar-refractivity contribution in [2.45, 2.75) is 45.4 Å². The lowest BCUT2D eigenvalue weighted by Gasteiger charge is -2.32. The first kappa shape index (κ1) is 18.8. The lowest BCUT2D eigenvalue weighted by Crippen LogP contribution is -2.35. The number of nitrogens with zero attached hydrogens (tertiary/aromatic N) is 1. The van der Waals surface area contributed by atoms with Crippen molar-refractivity contribution in [1.82, 2.24) is 4.90 Å². The van der Waals surface area contributed by atoms with Crippen molar-refractivity contribution in [3.05, 3.63) is 71.3 Å². The van der Waals surface area contributed by atoms with Crippen LogP contribution in [-0.4, -0.2) is 30.3 Å². The van der Waals surface area contributed by atoms with Gasteiger partial charge in [0.15, 0.2) is 5.78 Å². The Bertz CT molecular complexity index is 686. The molecule has 0 radical (unpaired) electrons. The van der Waals surface area contributed by atoms with Crippen LogP contribution in [0.1, 0.15) is 53.6 Å². The van der Waals surface area contributed by atoms with Crippen LogP contribution < -0.4 is 0 Å². The van der Waals surface area contributed by atoms with E-state index in [2.05, 4.69) is 35.2 Å². The number of hydrogen-bond acceptors (Lipinski definition) is 2. The standard InChI is InChI=1S/C24H31NO/c1-20-9-5-6-12-23(20)24(26)13-7-8-16-25-17-14-22(15-18-25)19-21-10-3-2-4-11-21/h2-6,9-12,22H,7-8,13-19H2,1H3. The Balaban J connectivity index is 1.32. The summed E-state index contributed by atoms with van der Waals surface area (Å²) >= 11 is 0. The summed E-state index contributed by atoms with van der Waals surface area (Å²) in [6, 6.07) is 18.8. The van der Waals surface area contributed by atoms with Gasteiger partial charge in [0.25, 0.3) is 0 Å². The van der Waals surface area contributed by atoms with E-state index in [1.807, 2.05) is 31.2 Å². The highest BCUT2D eigenvalue weighted by molar-refractivity contribution is 5.97. The van der Waals surface area contributed by atoms with Crippen molar-refractivity contribution in [1.29, 1.82) is 0 Å². The van der Waals surface area contributed by atoms with E-state index in [0.29, 0.717) is 12.2 Å². The molecule has 1 heterocycles. The van der Waals surface area contributed by atoms with E-state index in [1.165, 1.54) is 37.9 Å². The predicted octanol–water partition coefficient (Wildman–Crippen LogP) is 5.30. The second-order valence-corrected chi connectivity index (χ2v) is 7.67. The number of ketones is 1. The third-order valence-corrected chi connectivity index (χ3v) is 5.65. The second-order valence-electron chi connectivity index (χ2n) is 7.67. The molecule has 2 heteroatoms. The van der Waals surface area contributed by atoms with Crippen molar-refractivity contribution in [3.63, 3.8) is 0 Å². The van der Waals surface area contributed by atoms with E-state index in [9.17, 15) is 4.79 Å². The summed E-state index contributed by atoms with van der Waals surface area (Å²) < 4.78 is 0. The average Bonchev–Trinajstić information content (AvgIpc) is 2.67. The number of likely N-dealkylation sites (tertiary alicyclic amines) is 1. The molecule has 0 unspecified atom stereocenters. The largest absolute Gasteiger partial charge is 0.303 e. The van der Waals surface area contributed by atoms with Gasteiger partial charge in [-0.1, -0.05) is 54.6 Å². The number of piperidine rings is 1. The highest BCUT2D eigenvalue weighted by Crippen LogP contribution is 2.22. The number of unbranched alkanes of at least 4 members (excludes halogenated alkanes) is 1. The van der Waals surface area contributed by atoms with Crippen LogP contribution in [0.4, 0.5) is 0 Å². The van der Waals surface area contributed by atoms with Gasteiger partial charge in [-0.05, 0) is 75.7 Å². The molecule has 0 N–H and O–H groups in total. The minimum Gasteiger partial charge on any atom is -0.303 e. The third kappa shape index (κ3) is 5.54. The van der Waals surface area contributed by atoms with Gasteiger partial charge < -0.3 is 4.90 Å². The van der Waals surface area contributed by atoms with Crippen LogP contribution in [-0.2, 0) is 6.42 Å². The minimum absolute atomic E-state index is 0.296. The topological polar surface area (TPSA) is 20.3 Å². The smallest absolute Gasteiger partial charge is 0.163 e. The highest BCUT2D eigenvalue weighted by Gasteiger charge is 2.19. The molecule has 1 aliphatic rings. The van der Waals surface area contributed by atoms with Gasteiger partial charge >= 0.3 is 0 Å². The molecule has 2 aromatic carbocycles. The molecule has 0 saturated carbocycles. The molecular formula is C24H31NO. The number of hydrogen-bond donors (Lipinski definition) is 0. The molecule has 0 amide bonds. The first-order valence-corrected chi connectivity index (χ1v) is 10.1. The average molecular weight is 350 g/mol. The molecule has 2 nitrogen and oxygen atoms in total. The summed E-state index contributed by atoms with van der Waals surface area (Å²) in [6.45, 7) is 5.58. The van der Waals surface area contributed by atoms with Crippen LogP contribution in [0, 0.1) is 12.8 Å². The Hall–Kier alpha value is -1.93. The maximum absolute atomic E-state index is 12.3. The fourth-order valence-electron chi connectivity index (χ4n) is 4.00. The normalized spacial score (nSPS) is 15.9. The van der Waals surface area contributed by atoms with Crippen LogP contribution in [0.3, 0.4) is 0 Å². The van der Waals surface area contributed by atoms with Crippen LogP contribution >= 0.6 is 0 Å². The Labute approximate surface area is 158 Å². The number of rotatable bonds is 8. The highest BCUT2D eigenvalue weighted by atomic mass is 16.1. The van der Waals surface area contributed by atoms with Gasteiger partial charge in [0, 0.05) is 12.0 Å². The quantitative estimate of drug-likeness (QED) is 0.476. The zero-order valence-corrected chi connectivity index (χ0v) is 16.0. The van der Waals surface area contributed by atoms with Gasteiger partial charge in [-0.25, -0.2) is 0 Å². The molecule has 26 heavy (non-hydrogen) atoms. The predicted molar refractivity (Wildman–Crippen MR) is 109 cm³/mol. The lowest BCUT2D eigenvalue weighted by molar-refractivity contribution is 0.0976. The van der Waals surface area contributed by atoms with Gasteiger partial charge in [-0.15, -0.1) is 0 Å². The first-order valence-electron chi connectivity index (χ1n) is 10.1. The number of Topliss-reactive ketones (excluding diaryl/α,β-unsaturated/α-hetero) is 1. The van der Waals surface area contributed by atoms with Crippen LogP contribution in [0.2, 0.25) is 0 Å². The van der Waals surface area contributed by atoms with Gasteiger partial charge in [-0.3, -0.25) is 4.79 Å². The van der Waals surface area contributed by atoms with Crippen LogP contribution in [0.5, 0.6) is 0 Å².